The zero-order valence-corrected chi connectivity index (χ0v) is 17.7. The molecule has 0 saturated carbocycles. The van der Waals surface area contributed by atoms with Crippen LogP contribution in [0, 0.1) is 0 Å². The van der Waals surface area contributed by atoms with E-state index in [-0.39, 0.29) is 5.91 Å². The van der Waals surface area contributed by atoms with Crippen LogP contribution in [0.15, 0.2) is 24.7 Å². The second-order valence-corrected chi connectivity index (χ2v) is 7.61. The molecule has 0 aliphatic carbocycles. The van der Waals surface area contributed by atoms with Crippen molar-refractivity contribution in [3.8, 4) is 5.75 Å². The number of carbonyl (C=O) groups excluding carboxylic acids is 1. The summed E-state index contributed by atoms with van der Waals surface area (Å²) in [6, 6.07) is 3.73. The number of rotatable bonds is 3. The molecule has 116 valence electrons. The predicted molar refractivity (Wildman–Crippen MR) is 89.3 cm³/mol. The molecule has 0 aromatic carbocycles. The number of fused-ring (bicyclic) bond motifs is 1. The zero-order chi connectivity index (χ0) is 16.4. The Balaban J connectivity index is 2.02. The minimum absolute atomic E-state index is 0.0158. The fourth-order valence-corrected chi connectivity index (χ4v) is 3.47. The van der Waals surface area contributed by atoms with Gasteiger partial charge in [-0.15, -0.1) is 0 Å². The van der Waals surface area contributed by atoms with Crippen LogP contribution >= 0.6 is 0 Å². The third-order valence-electron chi connectivity index (χ3n) is 3.69. The monoisotopic (exact) mass is 502 g/mol. The molecule has 1 aliphatic heterocycles. The molecule has 0 atom stereocenters. The second kappa shape index (κ2) is 6.81. The standard InChI is InChI=1S/C16H17N4O2.Tl/c1-3-20(11(2)21)15-5-4-14-16(19-15)12(6-7-22-14)8-13-9-17-10-18-13;/h4-5,8-10H,3,6-7H2,1-2H3;/q-1;+1. The summed E-state index contributed by atoms with van der Waals surface area (Å²) >= 11 is 0.708. The topological polar surface area (TPSA) is 60.2 Å². The Hall–Kier alpha value is -1.71. The molecule has 0 N–H and O–H groups in total. The van der Waals surface area contributed by atoms with Gasteiger partial charge in [0.15, 0.2) is 0 Å². The Labute approximate surface area is 151 Å². The number of imidazole rings is 1. The van der Waals surface area contributed by atoms with E-state index in [1.807, 2.05) is 31.6 Å². The van der Waals surface area contributed by atoms with Crippen molar-refractivity contribution in [1.82, 2.24) is 12.3 Å². The maximum absolute atomic E-state index is 11.8. The van der Waals surface area contributed by atoms with E-state index >= 15 is 0 Å². The molecule has 0 unspecified atom stereocenters. The van der Waals surface area contributed by atoms with Crippen molar-refractivity contribution in [3.63, 3.8) is 0 Å². The summed E-state index contributed by atoms with van der Waals surface area (Å²) in [6.07, 6.45) is 6.72. The predicted octanol–water partition coefficient (Wildman–Crippen LogP) is 1.91. The van der Waals surface area contributed by atoms with Gasteiger partial charge < -0.3 is 0 Å². The molecule has 23 heavy (non-hydrogen) atoms. The summed E-state index contributed by atoms with van der Waals surface area (Å²) in [7, 11) is 0. The van der Waals surface area contributed by atoms with Crippen molar-refractivity contribution < 1.29 is 9.53 Å². The summed E-state index contributed by atoms with van der Waals surface area (Å²) in [5, 5.41) is 0. The van der Waals surface area contributed by atoms with Crippen LogP contribution in [0.1, 0.15) is 31.7 Å². The Morgan fingerprint density at radius 3 is 3.00 bits per heavy atom. The van der Waals surface area contributed by atoms with Crippen molar-refractivity contribution in [3.05, 3.63) is 36.0 Å². The van der Waals surface area contributed by atoms with E-state index in [1.54, 1.807) is 11.8 Å². The number of aromatic nitrogens is 3. The van der Waals surface area contributed by atoms with E-state index in [0.717, 1.165) is 29.1 Å². The van der Waals surface area contributed by atoms with Gasteiger partial charge in [-0.3, -0.25) is 0 Å². The SMILES string of the molecule is CCN(C(C)=O)c1ccc2c(n1)/C(=C/c1c[n]([Tl])cn1)CCO2. The van der Waals surface area contributed by atoms with Gasteiger partial charge in [0, 0.05) is 0 Å². The molecule has 0 bridgehead atoms. The number of ether oxygens (including phenoxy) is 1. The Kier molecular flexibility index (Phi) is 4.79. The number of pyridine rings is 1. The molecule has 0 fully saturated rings. The van der Waals surface area contributed by atoms with Gasteiger partial charge in [0.2, 0.25) is 0 Å². The van der Waals surface area contributed by atoms with E-state index in [2.05, 4.69) is 18.4 Å². The molecule has 0 saturated heterocycles. The summed E-state index contributed by atoms with van der Waals surface area (Å²) in [4.78, 5) is 22.5. The van der Waals surface area contributed by atoms with Gasteiger partial charge in [0.1, 0.15) is 0 Å². The molecule has 3 heterocycles. The van der Waals surface area contributed by atoms with Crippen molar-refractivity contribution in [2.24, 2.45) is 0 Å². The van der Waals surface area contributed by atoms with Gasteiger partial charge in [-0.25, -0.2) is 0 Å². The molecule has 0 spiro atoms. The van der Waals surface area contributed by atoms with Crippen LogP contribution in [-0.4, -0.2) is 57.5 Å². The van der Waals surface area contributed by atoms with Gasteiger partial charge in [0.25, 0.3) is 0 Å². The van der Waals surface area contributed by atoms with Crippen molar-refractivity contribution in [1.29, 1.82) is 0 Å². The molecule has 2 aromatic heterocycles. The number of hydrogen-bond donors (Lipinski definition) is 0. The van der Waals surface area contributed by atoms with Crippen molar-refractivity contribution in [2.45, 2.75) is 20.3 Å². The van der Waals surface area contributed by atoms with E-state index in [4.69, 9.17) is 4.74 Å². The van der Waals surface area contributed by atoms with Crippen molar-refractivity contribution in [2.75, 3.05) is 18.1 Å². The van der Waals surface area contributed by atoms with Crippen LogP contribution in [-0.2, 0) is 4.79 Å². The first-order valence-corrected chi connectivity index (χ1v) is 9.51. The molecule has 0 radical (unpaired) electrons. The number of anilines is 1. The fraction of sp³-hybridized carbons (Fsp3) is 0.312. The number of amides is 1. The van der Waals surface area contributed by atoms with Gasteiger partial charge in [0.05, 0.1) is 0 Å². The molecule has 6 nitrogen and oxygen atoms in total. The maximum atomic E-state index is 11.8. The first-order chi connectivity index (χ1) is 11.1. The van der Waals surface area contributed by atoms with Gasteiger partial charge in [-0.1, -0.05) is 0 Å². The third-order valence-corrected chi connectivity index (χ3v) is 4.79. The Morgan fingerprint density at radius 1 is 1.52 bits per heavy atom. The molecule has 7 heteroatoms. The molecule has 3 rings (SSSR count). The molecular weight excluding hydrogens is 485 g/mol. The average Bonchev–Trinajstić information content (AvgIpc) is 2.93. The molecular formula is C16H17N4O2Tl. The van der Waals surface area contributed by atoms with Crippen molar-refractivity contribution >= 4 is 49.4 Å². The second-order valence-electron chi connectivity index (χ2n) is 5.29. The number of hydrogen-bond acceptors (Lipinski definition) is 4. The fourth-order valence-electron chi connectivity index (χ4n) is 2.61. The summed E-state index contributed by atoms with van der Waals surface area (Å²) in [6.45, 7) is 4.71. The van der Waals surface area contributed by atoms with E-state index in [9.17, 15) is 4.79 Å². The first kappa shape index (κ1) is 16.2. The van der Waals surface area contributed by atoms with Gasteiger partial charge >= 0.3 is 151 Å². The quantitative estimate of drug-likeness (QED) is 0.603. The molecule has 2 aromatic rings. The van der Waals surface area contributed by atoms with Crippen LogP contribution in [0.2, 0.25) is 0 Å². The van der Waals surface area contributed by atoms with E-state index in [0.29, 0.717) is 45.0 Å². The number of carbonyl (C=O) groups is 1. The number of nitrogens with zero attached hydrogens (tertiary/aromatic N) is 4. The normalized spacial score (nSPS) is 15.1. The first-order valence-electron chi connectivity index (χ1n) is 7.50. The Morgan fingerprint density at radius 2 is 2.35 bits per heavy atom. The summed E-state index contributed by atoms with van der Waals surface area (Å²) in [5.41, 5.74) is 2.83. The van der Waals surface area contributed by atoms with E-state index < -0.39 is 0 Å². The van der Waals surface area contributed by atoms with Crippen LogP contribution in [0.4, 0.5) is 5.82 Å². The van der Waals surface area contributed by atoms with Gasteiger partial charge in [-0.05, 0) is 0 Å². The van der Waals surface area contributed by atoms with Crippen LogP contribution in [0.25, 0.3) is 11.6 Å². The Bertz CT molecular complexity index is 769. The minimum atomic E-state index is -0.0158. The summed E-state index contributed by atoms with van der Waals surface area (Å²) < 4.78 is 7.78. The van der Waals surface area contributed by atoms with Gasteiger partial charge in [-0.2, -0.15) is 0 Å². The average molecular weight is 502 g/mol. The molecule has 1 aliphatic rings. The zero-order valence-electron chi connectivity index (χ0n) is 13.2. The third kappa shape index (κ3) is 3.46. The molecule has 1 amide bonds. The van der Waals surface area contributed by atoms with Crippen LogP contribution < -0.4 is 9.64 Å². The van der Waals surface area contributed by atoms with Crippen LogP contribution in [0.3, 0.4) is 0 Å². The summed E-state index contributed by atoms with van der Waals surface area (Å²) in [5.74, 6) is 1.40. The van der Waals surface area contributed by atoms with Crippen LogP contribution in [0.5, 0.6) is 5.75 Å². The van der Waals surface area contributed by atoms with E-state index in [1.165, 1.54) is 0 Å².